The van der Waals surface area contributed by atoms with Crippen molar-refractivity contribution in [1.82, 2.24) is 4.98 Å². The first-order chi connectivity index (χ1) is 26.5. The Labute approximate surface area is 765 Å². The van der Waals surface area contributed by atoms with Crippen LogP contribution in [0.1, 0.15) is 5.56 Å². The monoisotopic (exact) mass is 1620 g/mol. The molecule has 11 rings (SSSR count). The Morgan fingerprint density at radius 2 is 0.918 bits per heavy atom. The van der Waals surface area contributed by atoms with E-state index in [9.17, 15) is 15.2 Å². The number of carboxylic acid groups (broad SMARTS) is 1. The van der Waals surface area contributed by atoms with Crippen LogP contribution in [-0.4, -0.2) is 11.1 Å². The molecule has 0 unspecified atom stereocenters. The number of benzene rings is 7. The maximum atomic E-state index is 11.4. The largest absolute Gasteiger partial charge is 1.00 e. The zero-order valence-electron chi connectivity index (χ0n) is 35.7. The van der Waals surface area contributed by atoms with Gasteiger partial charge in [-0.15, -0.1) is 101 Å². The van der Waals surface area contributed by atoms with E-state index in [0.717, 1.165) is 60.4 Å². The van der Waals surface area contributed by atoms with Crippen molar-refractivity contribution in [2.75, 3.05) is 4.90 Å². The molecule has 0 fully saturated rings. The van der Waals surface area contributed by atoms with Crippen LogP contribution >= 0.6 is 0 Å². The standard InChI is InChI=1S/C49H28N3O2.7Cs/c50-27-35(49(53)54)16-28-11-13-39-29(15-28)17-30-21-42-31(20-41(30)39)18-32-23-44-33(22-43(32)42)19-34-24-46-40-14-12-38(25-47(40)51-48(46)26-45(34)44)52(36-7-3-1-4-8-36)37-9-5-2-6-10-37;;;;;;;/h1-26,50H,(H,53,54);;;;;;;/q-3;7*+1/p-1. The van der Waals surface area contributed by atoms with E-state index < -0.39 is 5.97 Å². The minimum atomic E-state index is -1.23. The van der Waals surface area contributed by atoms with Crippen molar-refractivity contribution in [1.29, 1.82) is 5.26 Å². The van der Waals surface area contributed by atoms with Crippen molar-refractivity contribution in [2.45, 2.75) is 0 Å². The van der Waals surface area contributed by atoms with E-state index in [4.69, 9.17) is 4.98 Å². The van der Waals surface area contributed by atoms with Gasteiger partial charge in [0.15, 0.2) is 0 Å². The number of hydrogen-bond acceptors (Lipinski definition) is 3. The molecule has 254 valence electrons. The Bertz CT molecular complexity index is 3410. The molecule has 0 saturated carbocycles. The van der Waals surface area contributed by atoms with Crippen molar-refractivity contribution in [2.24, 2.45) is 0 Å². The van der Waals surface area contributed by atoms with Crippen molar-refractivity contribution >= 4 is 116 Å². The first kappa shape index (κ1) is 60.4. The van der Waals surface area contributed by atoms with Crippen LogP contribution in [0.3, 0.4) is 0 Å². The Morgan fingerprint density at radius 1 is 0.492 bits per heavy atom. The second-order valence-electron chi connectivity index (χ2n) is 14.1. The molecule has 1 N–H and O–H groups in total. The average Bonchev–Trinajstić information content (AvgIpc) is 3.93. The Kier molecular flexibility index (Phi) is 26.6. The number of aromatic nitrogens is 1. The summed E-state index contributed by atoms with van der Waals surface area (Å²) < 4.78 is 0. The summed E-state index contributed by atoms with van der Waals surface area (Å²) in [6, 6.07) is 55.6. The maximum absolute atomic E-state index is 11.4. The molecule has 1 heterocycles. The third-order valence-electron chi connectivity index (χ3n) is 11.0. The van der Waals surface area contributed by atoms with Crippen molar-refractivity contribution in [3.05, 3.63) is 163 Å². The van der Waals surface area contributed by atoms with Gasteiger partial charge in [0.1, 0.15) is 11.6 Å². The smallest absolute Gasteiger partial charge is 0.658 e. The van der Waals surface area contributed by atoms with Crippen LogP contribution in [0.25, 0.3) is 92.5 Å². The molecule has 0 saturated heterocycles. The molecule has 0 spiro atoms. The van der Waals surface area contributed by atoms with Crippen LogP contribution < -0.4 is 492 Å². The summed E-state index contributed by atoms with van der Waals surface area (Å²) in [4.78, 5) is 18.8. The van der Waals surface area contributed by atoms with E-state index >= 15 is 0 Å². The van der Waals surface area contributed by atoms with Gasteiger partial charge in [-0.3, -0.25) is 0 Å². The molecule has 0 bridgehead atoms. The van der Waals surface area contributed by atoms with E-state index in [0.29, 0.717) is 5.56 Å². The first-order valence-electron chi connectivity index (χ1n) is 17.8. The Balaban J connectivity index is 0.00000117. The molecule has 0 aliphatic rings. The van der Waals surface area contributed by atoms with Crippen LogP contribution in [0.2, 0.25) is 0 Å². The Hall–Kier alpha value is 6.81. The van der Waals surface area contributed by atoms with Crippen LogP contribution in [0, 0.1) is 11.3 Å². The van der Waals surface area contributed by atoms with E-state index in [2.05, 4.69) is 126 Å². The second kappa shape index (κ2) is 26.9. The number of rotatable bonds is 5. The molecule has 0 aliphatic carbocycles. The minimum absolute atomic E-state index is 0. The quantitative estimate of drug-likeness (QED) is 0.106. The summed E-state index contributed by atoms with van der Waals surface area (Å²) in [5.74, 6) is -1.23. The fourth-order valence-corrected chi connectivity index (χ4v) is 8.50. The van der Waals surface area contributed by atoms with Crippen molar-refractivity contribution in [3.8, 4) is 6.07 Å². The molecular weight excluding hydrogens is 1590 g/mol. The Morgan fingerprint density at radius 3 is 1.41 bits per heavy atom. The number of aliphatic carboxylic acids is 1. The van der Waals surface area contributed by atoms with Crippen LogP contribution in [0.15, 0.2) is 157 Å². The summed E-state index contributed by atoms with van der Waals surface area (Å²) in [7, 11) is 0. The molecule has 0 radical (unpaired) electrons. The zero-order chi connectivity index (χ0) is 36.1. The molecule has 11 aromatic rings. The van der Waals surface area contributed by atoms with Gasteiger partial charge in [0.05, 0.1) is 0 Å². The van der Waals surface area contributed by atoms with Gasteiger partial charge in [-0.1, -0.05) is 71.6 Å². The third-order valence-corrected chi connectivity index (χ3v) is 11.0. The SMILES string of the molecule is N#C/C(=C\c1ccc2c(c1)[cH-]c1cc3c(cc12)[cH-]c1cc2c(cc13)[cH-]c1cc3c(cc12)[n-]c1cc(N(c2ccccc2)c2ccccc2)ccc13)C(=O)O.[Cs+].[Cs+].[Cs+].[Cs+].[Cs+].[Cs+].[Cs+]. The van der Waals surface area contributed by atoms with Crippen molar-refractivity contribution in [3.63, 3.8) is 0 Å². The molecule has 0 atom stereocenters. The fourth-order valence-electron chi connectivity index (χ4n) is 8.50. The topological polar surface area (TPSA) is 78.4 Å². The van der Waals surface area contributed by atoms with E-state index in [1.165, 1.54) is 49.2 Å². The van der Waals surface area contributed by atoms with Gasteiger partial charge in [-0.05, 0) is 41.8 Å². The summed E-state index contributed by atoms with van der Waals surface area (Å²) >= 11 is 0. The van der Waals surface area contributed by atoms with E-state index in [-0.39, 0.29) is 488 Å². The predicted molar refractivity (Wildman–Crippen MR) is 222 cm³/mol. The maximum Gasteiger partial charge on any atom is 1.00 e. The molecule has 12 heteroatoms. The number of fused-ring (bicyclic) bond motifs is 12. The molecule has 0 aliphatic heterocycles. The number of nitriles is 1. The molecule has 61 heavy (non-hydrogen) atoms. The normalized spacial score (nSPS) is 10.9. The zero-order valence-corrected chi connectivity index (χ0v) is 79.7. The van der Waals surface area contributed by atoms with Gasteiger partial charge in [0.2, 0.25) is 0 Å². The summed E-state index contributed by atoms with van der Waals surface area (Å²) in [5, 5.41) is 34.9. The van der Waals surface area contributed by atoms with Crippen LogP contribution in [0.4, 0.5) is 17.1 Å². The number of anilines is 3. The summed E-state index contributed by atoms with van der Waals surface area (Å²) in [6.45, 7) is 0. The first-order valence-corrected chi connectivity index (χ1v) is 17.8. The molecular formula is C49H27Cs7N3O2+3. The van der Waals surface area contributed by atoms with Gasteiger partial charge in [0, 0.05) is 17.1 Å². The van der Waals surface area contributed by atoms with Crippen molar-refractivity contribution < 1.29 is 492 Å². The third kappa shape index (κ3) is 12.3. The summed E-state index contributed by atoms with van der Waals surface area (Å²) in [6.07, 6.45) is 1.42. The van der Waals surface area contributed by atoms with Gasteiger partial charge in [-0.25, -0.2) is 4.79 Å². The van der Waals surface area contributed by atoms with E-state index in [1.807, 2.05) is 30.3 Å². The fraction of sp³-hybridized carbons (Fsp3) is 0. The van der Waals surface area contributed by atoms with Gasteiger partial charge >= 0.3 is 488 Å². The van der Waals surface area contributed by atoms with E-state index in [1.54, 1.807) is 6.07 Å². The summed E-state index contributed by atoms with van der Waals surface area (Å²) in [5.41, 5.74) is 5.65. The molecule has 1 aromatic heterocycles. The minimum Gasteiger partial charge on any atom is -0.658 e. The van der Waals surface area contributed by atoms with Gasteiger partial charge < -0.3 is 15.0 Å². The van der Waals surface area contributed by atoms with Crippen LogP contribution in [0.5, 0.6) is 0 Å². The van der Waals surface area contributed by atoms with Gasteiger partial charge in [-0.2, -0.15) is 40.3 Å². The number of hydrogen-bond donors (Lipinski definition) is 1. The predicted octanol–water partition coefficient (Wildman–Crippen LogP) is -8.48. The number of nitrogens with zero attached hydrogens (tertiary/aromatic N) is 3. The molecule has 5 nitrogen and oxygen atoms in total. The molecule has 10 aromatic carbocycles. The number of carboxylic acids is 1. The number of para-hydroxylation sites is 2. The molecule has 0 amide bonds. The average molecular weight is 1620 g/mol. The van der Waals surface area contributed by atoms with Gasteiger partial charge in [0.25, 0.3) is 0 Å². The number of carbonyl (C=O) groups is 1. The van der Waals surface area contributed by atoms with Crippen LogP contribution in [-0.2, 0) is 4.79 Å². The second-order valence-corrected chi connectivity index (χ2v) is 14.1.